The molecular formula is C50H33NS. The van der Waals surface area contributed by atoms with E-state index >= 15 is 0 Å². The van der Waals surface area contributed by atoms with E-state index in [1.165, 1.54) is 75.1 Å². The lowest BCUT2D eigenvalue weighted by Crippen LogP contribution is -2.09. The topological polar surface area (TPSA) is 3.24 Å². The van der Waals surface area contributed by atoms with Crippen molar-refractivity contribution < 1.29 is 0 Å². The van der Waals surface area contributed by atoms with Crippen LogP contribution in [0.2, 0.25) is 0 Å². The Morgan fingerprint density at radius 1 is 0.288 bits per heavy atom. The molecule has 0 saturated heterocycles. The molecule has 0 atom stereocenters. The molecule has 244 valence electrons. The molecule has 0 aliphatic carbocycles. The number of fused-ring (bicyclic) bond motifs is 6. The van der Waals surface area contributed by atoms with Gasteiger partial charge in [0.2, 0.25) is 0 Å². The molecule has 0 spiro atoms. The summed E-state index contributed by atoms with van der Waals surface area (Å²) in [7, 11) is 0. The van der Waals surface area contributed by atoms with Gasteiger partial charge in [-0.3, -0.25) is 0 Å². The molecule has 2 heteroatoms. The molecule has 10 aromatic rings. The van der Waals surface area contributed by atoms with Crippen molar-refractivity contribution in [2.75, 3.05) is 4.90 Å². The van der Waals surface area contributed by atoms with E-state index in [9.17, 15) is 0 Å². The summed E-state index contributed by atoms with van der Waals surface area (Å²) < 4.78 is 2.66. The second-order valence-electron chi connectivity index (χ2n) is 13.3. The maximum Gasteiger partial charge on any atom is 0.0462 e. The first-order chi connectivity index (χ1) is 25.8. The molecule has 0 amide bonds. The smallest absolute Gasteiger partial charge is 0.0462 e. The average molecular weight is 680 g/mol. The van der Waals surface area contributed by atoms with Gasteiger partial charge in [0.05, 0.1) is 0 Å². The lowest BCUT2D eigenvalue weighted by Gasteiger charge is -2.26. The van der Waals surface area contributed by atoms with Crippen LogP contribution in [0.15, 0.2) is 200 Å². The molecule has 52 heavy (non-hydrogen) atoms. The Kier molecular flexibility index (Phi) is 7.41. The summed E-state index contributed by atoms with van der Waals surface area (Å²) in [5, 5.41) is 7.79. The van der Waals surface area contributed by atoms with Gasteiger partial charge >= 0.3 is 0 Å². The van der Waals surface area contributed by atoms with Crippen molar-refractivity contribution >= 4 is 70.1 Å². The van der Waals surface area contributed by atoms with Crippen LogP contribution >= 0.6 is 11.3 Å². The molecule has 0 radical (unpaired) electrons. The van der Waals surface area contributed by atoms with Crippen LogP contribution in [0.1, 0.15) is 0 Å². The fourth-order valence-corrected chi connectivity index (χ4v) is 8.89. The molecule has 9 aromatic carbocycles. The Bertz CT molecular complexity index is 2860. The van der Waals surface area contributed by atoms with Gasteiger partial charge in [0.1, 0.15) is 0 Å². The highest BCUT2D eigenvalue weighted by molar-refractivity contribution is 7.26. The zero-order valence-electron chi connectivity index (χ0n) is 28.4. The number of hydrogen-bond donors (Lipinski definition) is 0. The maximum atomic E-state index is 2.36. The summed E-state index contributed by atoms with van der Waals surface area (Å²) in [5.41, 5.74) is 10.7. The van der Waals surface area contributed by atoms with Gasteiger partial charge < -0.3 is 4.90 Å². The number of anilines is 3. The van der Waals surface area contributed by atoms with Gasteiger partial charge in [-0.05, 0) is 103 Å². The van der Waals surface area contributed by atoms with E-state index in [1.807, 2.05) is 11.3 Å². The number of benzene rings is 9. The molecule has 0 fully saturated rings. The van der Waals surface area contributed by atoms with Gasteiger partial charge in [-0.15, -0.1) is 11.3 Å². The fraction of sp³-hybridized carbons (Fsp3) is 0. The van der Waals surface area contributed by atoms with Crippen LogP contribution in [0.4, 0.5) is 17.1 Å². The molecule has 0 saturated carbocycles. The molecule has 0 aliphatic heterocycles. The Hall–Kier alpha value is -6.48. The van der Waals surface area contributed by atoms with Gasteiger partial charge in [-0.1, -0.05) is 152 Å². The molecule has 0 N–H and O–H groups in total. The van der Waals surface area contributed by atoms with Crippen molar-refractivity contribution in [3.63, 3.8) is 0 Å². The highest BCUT2D eigenvalue weighted by atomic mass is 32.1. The molecular weight excluding hydrogens is 647 g/mol. The van der Waals surface area contributed by atoms with Crippen LogP contribution in [-0.2, 0) is 0 Å². The highest BCUT2D eigenvalue weighted by Gasteiger charge is 2.16. The second-order valence-corrected chi connectivity index (χ2v) is 14.4. The zero-order chi connectivity index (χ0) is 34.4. The lowest BCUT2D eigenvalue weighted by atomic mass is 9.94. The van der Waals surface area contributed by atoms with Crippen LogP contribution < -0.4 is 4.90 Å². The predicted octanol–water partition coefficient (Wildman–Crippen LogP) is 14.8. The molecule has 0 aliphatic rings. The van der Waals surface area contributed by atoms with Gasteiger partial charge in [0.25, 0.3) is 0 Å². The van der Waals surface area contributed by atoms with Crippen LogP contribution in [0.25, 0.3) is 75.1 Å². The van der Waals surface area contributed by atoms with E-state index in [0.29, 0.717) is 0 Å². The minimum absolute atomic E-state index is 1.11. The SMILES string of the molecule is c1ccc(-c2ccc(N(c3ccc(-c4cccc5ccccc45)cc3)c3ccc(-c4cccc5ccc6sc7ccccc7c6c45)cc3)cc2)cc1. The normalized spacial score (nSPS) is 11.5. The number of rotatable bonds is 6. The Labute approximate surface area is 307 Å². The Morgan fingerprint density at radius 2 is 0.808 bits per heavy atom. The van der Waals surface area contributed by atoms with Crippen molar-refractivity contribution in [3.05, 3.63) is 200 Å². The first-order valence-corrected chi connectivity index (χ1v) is 18.6. The van der Waals surface area contributed by atoms with Crippen LogP contribution in [0.5, 0.6) is 0 Å². The fourth-order valence-electron chi connectivity index (χ4n) is 7.77. The van der Waals surface area contributed by atoms with E-state index in [4.69, 9.17) is 0 Å². The Balaban J connectivity index is 1.08. The van der Waals surface area contributed by atoms with Gasteiger partial charge in [-0.2, -0.15) is 0 Å². The standard InChI is InChI=1S/C50H33NS/c1-2-10-34(11-3-1)35-20-27-40(28-21-35)51(41-29-22-37(23-30-41)44-17-8-13-36-12-4-5-15-43(36)44)42-31-24-38(25-32-42)45-18-9-14-39-26-33-48-50(49(39)45)46-16-6-7-19-47(46)52-48/h1-33H. The monoisotopic (exact) mass is 679 g/mol. The van der Waals surface area contributed by atoms with Crippen LogP contribution in [-0.4, -0.2) is 0 Å². The molecule has 10 rings (SSSR count). The van der Waals surface area contributed by atoms with Crippen molar-refractivity contribution in [1.29, 1.82) is 0 Å². The summed E-state index contributed by atoms with van der Waals surface area (Å²) in [6.45, 7) is 0. The van der Waals surface area contributed by atoms with Crippen LogP contribution in [0, 0.1) is 0 Å². The minimum Gasteiger partial charge on any atom is -0.311 e. The van der Waals surface area contributed by atoms with Crippen molar-refractivity contribution in [3.8, 4) is 33.4 Å². The molecule has 0 unspecified atom stereocenters. The predicted molar refractivity (Wildman–Crippen MR) is 225 cm³/mol. The third-order valence-electron chi connectivity index (χ3n) is 10.3. The minimum atomic E-state index is 1.11. The average Bonchev–Trinajstić information content (AvgIpc) is 3.61. The van der Waals surface area contributed by atoms with Crippen molar-refractivity contribution in [2.24, 2.45) is 0 Å². The van der Waals surface area contributed by atoms with E-state index in [1.54, 1.807) is 0 Å². The molecule has 0 bridgehead atoms. The third kappa shape index (κ3) is 5.24. The summed E-state index contributed by atoms with van der Waals surface area (Å²) >= 11 is 1.87. The summed E-state index contributed by atoms with van der Waals surface area (Å²) in [6.07, 6.45) is 0. The Morgan fingerprint density at radius 3 is 1.52 bits per heavy atom. The largest absolute Gasteiger partial charge is 0.311 e. The lowest BCUT2D eigenvalue weighted by molar-refractivity contribution is 1.28. The first-order valence-electron chi connectivity index (χ1n) is 17.8. The van der Waals surface area contributed by atoms with Crippen LogP contribution in [0.3, 0.4) is 0 Å². The van der Waals surface area contributed by atoms with Gasteiger partial charge in [0, 0.05) is 37.2 Å². The summed E-state index contributed by atoms with van der Waals surface area (Å²) in [5.74, 6) is 0. The molecule has 1 nitrogen and oxygen atoms in total. The van der Waals surface area contributed by atoms with E-state index < -0.39 is 0 Å². The van der Waals surface area contributed by atoms with Gasteiger partial charge in [-0.25, -0.2) is 0 Å². The van der Waals surface area contributed by atoms with Crippen molar-refractivity contribution in [1.82, 2.24) is 0 Å². The maximum absolute atomic E-state index is 2.36. The number of thiophene rings is 1. The quantitative estimate of drug-likeness (QED) is 0.169. The van der Waals surface area contributed by atoms with E-state index in [0.717, 1.165) is 17.1 Å². The molecule has 1 aromatic heterocycles. The van der Waals surface area contributed by atoms with Gasteiger partial charge in [0.15, 0.2) is 0 Å². The summed E-state index contributed by atoms with van der Waals surface area (Å²) in [6, 6.07) is 72.8. The molecule has 1 heterocycles. The highest BCUT2D eigenvalue weighted by Crippen LogP contribution is 2.43. The third-order valence-corrected chi connectivity index (χ3v) is 11.4. The number of hydrogen-bond acceptors (Lipinski definition) is 2. The number of nitrogens with zero attached hydrogens (tertiary/aromatic N) is 1. The summed E-state index contributed by atoms with van der Waals surface area (Å²) in [4.78, 5) is 2.36. The second kappa shape index (κ2) is 12.7. The first kappa shape index (κ1) is 30.4. The zero-order valence-corrected chi connectivity index (χ0v) is 29.2. The van der Waals surface area contributed by atoms with E-state index in [2.05, 4.69) is 205 Å². The van der Waals surface area contributed by atoms with E-state index in [-0.39, 0.29) is 0 Å². The van der Waals surface area contributed by atoms with Crippen molar-refractivity contribution in [2.45, 2.75) is 0 Å².